The van der Waals surface area contributed by atoms with Crippen LogP contribution in [0.5, 0.6) is 0 Å². The van der Waals surface area contributed by atoms with Crippen LogP contribution < -0.4 is 0 Å². The molecule has 1 radical (unpaired) electrons. The Kier molecular flexibility index (Phi) is 5.25. The predicted octanol–water partition coefficient (Wildman–Crippen LogP) is 3.63. The van der Waals surface area contributed by atoms with Crippen molar-refractivity contribution in [1.29, 1.82) is 0 Å². The minimum atomic E-state index is -4.83. The van der Waals surface area contributed by atoms with Crippen molar-refractivity contribution in [3.63, 3.8) is 0 Å². The van der Waals surface area contributed by atoms with E-state index in [1.165, 1.54) is 0 Å². The van der Waals surface area contributed by atoms with Gasteiger partial charge in [0.2, 0.25) is 0 Å². The molecule has 1 aromatic carbocycles. The molecule has 0 fully saturated rings. The van der Waals surface area contributed by atoms with Gasteiger partial charge in [0, 0.05) is 34.5 Å². The molecular weight excluding hydrogens is 265 g/mol. The van der Waals surface area contributed by atoms with Gasteiger partial charge in [0.15, 0.2) is 0 Å². The monoisotopic (exact) mass is 269 g/mol. The largest absolute Gasteiger partial charge is 0.417 e. The van der Waals surface area contributed by atoms with Gasteiger partial charge in [-0.05, 0) is 12.1 Å². The molecule has 0 aliphatic carbocycles. The predicted molar refractivity (Wildman–Crippen MR) is 49.5 cm³/mol. The smallest absolute Gasteiger partial charge is 0.166 e. The molecule has 16 heavy (non-hydrogen) atoms. The molecule has 0 N–H and O–H groups in total. The van der Waals surface area contributed by atoms with Gasteiger partial charge in [0.05, 0.1) is 11.1 Å². The molecule has 8 heteroatoms. The molecule has 0 bridgehead atoms. The number of thiol groups is 1. The molecular formula is C8H4F6NaS. The zero-order chi connectivity index (χ0) is 11.9. The molecule has 0 aliphatic rings. The molecule has 0 aliphatic heterocycles. The standard InChI is InChI=1S/C8H4F6S.Na/c9-7(10,11)4-2-1-3-5(6(4)15)8(12,13)14;/h1-3,15H;. The van der Waals surface area contributed by atoms with Crippen LogP contribution in [-0.4, -0.2) is 29.6 Å². The Labute approximate surface area is 115 Å². The van der Waals surface area contributed by atoms with Crippen LogP contribution in [0.15, 0.2) is 23.1 Å². The van der Waals surface area contributed by atoms with Crippen LogP contribution in [0.3, 0.4) is 0 Å². The molecule has 0 atom stereocenters. The first-order chi connectivity index (χ1) is 6.64. The second kappa shape index (κ2) is 5.20. The van der Waals surface area contributed by atoms with Gasteiger partial charge in [0.25, 0.3) is 0 Å². The fourth-order valence-electron chi connectivity index (χ4n) is 1.00. The van der Waals surface area contributed by atoms with Crippen LogP contribution in [0.25, 0.3) is 0 Å². The van der Waals surface area contributed by atoms with Gasteiger partial charge in [-0.3, -0.25) is 0 Å². The van der Waals surface area contributed by atoms with E-state index < -0.39 is 28.4 Å². The van der Waals surface area contributed by atoms with E-state index in [-0.39, 0.29) is 29.6 Å². The maximum atomic E-state index is 12.2. The summed E-state index contributed by atoms with van der Waals surface area (Å²) >= 11 is 3.26. The van der Waals surface area contributed by atoms with Crippen molar-refractivity contribution in [2.75, 3.05) is 0 Å². The fourth-order valence-corrected chi connectivity index (χ4v) is 1.40. The molecule has 0 amide bonds. The molecule has 0 aromatic heterocycles. The molecule has 85 valence electrons. The Morgan fingerprint density at radius 2 is 1.12 bits per heavy atom. The third-order valence-corrected chi connectivity index (χ3v) is 2.13. The van der Waals surface area contributed by atoms with Crippen molar-refractivity contribution in [2.24, 2.45) is 0 Å². The zero-order valence-electron chi connectivity index (χ0n) is 7.95. The Morgan fingerprint density at radius 3 is 1.38 bits per heavy atom. The average Bonchev–Trinajstić information content (AvgIpc) is 1.99. The topological polar surface area (TPSA) is 0 Å². The molecule has 0 unspecified atom stereocenters. The number of rotatable bonds is 0. The van der Waals surface area contributed by atoms with Crippen LogP contribution >= 0.6 is 12.6 Å². The summed E-state index contributed by atoms with van der Waals surface area (Å²) in [6.07, 6.45) is -9.67. The van der Waals surface area contributed by atoms with Gasteiger partial charge in [-0.15, -0.1) is 12.6 Å². The van der Waals surface area contributed by atoms with Crippen LogP contribution in [-0.2, 0) is 12.4 Å². The summed E-state index contributed by atoms with van der Waals surface area (Å²) in [4.78, 5) is -1.10. The molecule has 1 rings (SSSR count). The summed E-state index contributed by atoms with van der Waals surface area (Å²) in [6, 6.07) is 1.81. The number of hydrogen-bond donors (Lipinski definition) is 1. The van der Waals surface area contributed by atoms with E-state index >= 15 is 0 Å². The van der Waals surface area contributed by atoms with E-state index in [1.807, 2.05) is 0 Å². The zero-order valence-corrected chi connectivity index (χ0v) is 10.8. The first-order valence-corrected chi connectivity index (χ1v) is 4.05. The first-order valence-electron chi connectivity index (χ1n) is 3.60. The Balaban J connectivity index is 0.00000225. The van der Waals surface area contributed by atoms with E-state index in [4.69, 9.17) is 0 Å². The van der Waals surface area contributed by atoms with Gasteiger partial charge in [0.1, 0.15) is 0 Å². The number of alkyl halides is 6. The average molecular weight is 269 g/mol. The maximum Gasteiger partial charge on any atom is 0.417 e. The minimum Gasteiger partial charge on any atom is -0.166 e. The maximum absolute atomic E-state index is 12.2. The SMILES string of the molecule is FC(F)(F)c1cccc(C(F)(F)F)c1S.[Na]. The quantitative estimate of drug-likeness (QED) is 0.415. The number of benzene rings is 1. The summed E-state index contributed by atoms with van der Waals surface area (Å²) in [5.41, 5.74) is -2.78. The van der Waals surface area contributed by atoms with Gasteiger partial charge in [-0.2, -0.15) is 26.3 Å². The van der Waals surface area contributed by atoms with Crippen LogP contribution in [0.4, 0.5) is 26.3 Å². The van der Waals surface area contributed by atoms with Crippen molar-refractivity contribution in [3.8, 4) is 0 Å². The molecule has 0 saturated carbocycles. The van der Waals surface area contributed by atoms with Crippen LogP contribution in [0.2, 0.25) is 0 Å². The van der Waals surface area contributed by atoms with Crippen molar-refractivity contribution < 1.29 is 26.3 Å². The normalized spacial score (nSPS) is 12.2. The first kappa shape index (κ1) is 16.1. The Bertz CT molecular complexity index is 338. The van der Waals surface area contributed by atoms with Gasteiger partial charge in [-0.25, -0.2) is 0 Å². The Hall–Kier alpha value is 0.150. The summed E-state index contributed by atoms with van der Waals surface area (Å²) in [5, 5.41) is 0. The second-order valence-corrected chi connectivity index (χ2v) is 3.14. The number of halogens is 6. The summed E-state index contributed by atoms with van der Waals surface area (Å²) in [5.74, 6) is 0. The van der Waals surface area contributed by atoms with Crippen molar-refractivity contribution in [2.45, 2.75) is 17.2 Å². The van der Waals surface area contributed by atoms with E-state index in [2.05, 4.69) is 12.6 Å². The van der Waals surface area contributed by atoms with E-state index in [0.29, 0.717) is 18.2 Å². The van der Waals surface area contributed by atoms with E-state index in [0.717, 1.165) is 0 Å². The Morgan fingerprint density at radius 1 is 0.812 bits per heavy atom. The third kappa shape index (κ3) is 3.58. The summed E-state index contributed by atoms with van der Waals surface area (Å²) in [6.45, 7) is 0. The van der Waals surface area contributed by atoms with E-state index in [9.17, 15) is 26.3 Å². The van der Waals surface area contributed by atoms with Gasteiger partial charge >= 0.3 is 12.4 Å². The third-order valence-electron chi connectivity index (χ3n) is 1.65. The summed E-state index contributed by atoms with van der Waals surface area (Å²) in [7, 11) is 0. The number of hydrogen-bond acceptors (Lipinski definition) is 1. The second-order valence-electron chi connectivity index (χ2n) is 2.70. The molecule has 0 heterocycles. The van der Waals surface area contributed by atoms with Crippen LogP contribution in [0, 0.1) is 0 Å². The van der Waals surface area contributed by atoms with Crippen molar-refractivity contribution in [3.05, 3.63) is 29.3 Å². The molecule has 0 saturated heterocycles. The van der Waals surface area contributed by atoms with E-state index in [1.54, 1.807) is 0 Å². The van der Waals surface area contributed by atoms with Gasteiger partial charge < -0.3 is 0 Å². The summed E-state index contributed by atoms with van der Waals surface area (Å²) < 4.78 is 73.2. The fraction of sp³-hybridized carbons (Fsp3) is 0.250. The van der Waals surface area contributed by atoms with Crippen molar-refractivity contribution in [1.82, 2.24) is 0 Å². The minimum absolute atomic E-state index is 0. The molecule has 0 nitrogen and oxygen atoms in total. The molecule has 1 aromatic rings. The van der Waals surface area contributed by atoms with Gasteiger partial charge in [-0.1, -0.05) is 6.07 Å². The molecule has 0 spiro atoms. The van der Waals surface area contributed by atoms with Crippen molar-refractivity contribution >= 4 is 42.2 Å². The van der Waals surface area contributed by atoms with Crippen LogP contribution in [0.1, 0.15) is 11.1 Å².